The van der Waals surface area contributed by atoms with Gasteiger partial charge in [0.15, 0.2) is 23.3 Å². The molecule has 2 aromatic carbocycles. The molecule has 0 spiro atoms. The SMILES string of the molecule is C[N+](C)(C)Cc1cc(F)c(F)c(F)c1F.O=C([O-])c1ccccc1. The molecule has 0 unspecified atom stereocenters. The van der Waals surface area contributed by atoms with E-state index in [1.807, 2.05) is 0 Å². The maximum Gasteiger partial charge on any atom is 0.197 e. The molecule has 0 fully saturated rings. The Hall–Kier alpha value is -2.41. The Labute approximate surface area is 137 Å². The number of benzene rings is 2. The van der Waals surface area contributed by atoms with E-state index in [-0.39, 0.29) is 17.7 Å². The van der Waals surface area contributed by atoms with Gasteiger partial charge in [-0.15, -0.1) is 0 Å². The number of carboxylic acid groups (broad SMARTS) is 1. The van der Waals surface area contributed by atoms with Gasteiger partial charge in [-0.2, -0.15) is 0 Å². The van der Waals surface area contributed by atoms with Crippen molar-refractivity contribution in [1.29, 1.82) is 0 Å². The second-order valence-corrected chi connectivity index (χ2v) is 6.06. The maximum absolute atomic E-state index is 13.2. The lowest BCUT2D eigenvalue weighted by Gasteiger charge is -2.24. The molecule has 0 radical (unpaired) electrons. The highest BCUT2D eigenvalue weighted by atomic mass is 19.2. The zero-order valence-electron chi connectivity index (χ0n) is 13.4. The lowest BCUT2D eigenvalue weighted by atomic mass is 10.1. The average Bonchev–Trinajstić information content (AvgIpc) is 2.51. The Balaban J connectivity index is 0.000000272. The van der Waals surface area contributed by atoms with Crippen LogP contribution in [0, 0.1) is 23.3 Å². The molecule has 0 N–H and O–H groups in total. The third kappa shape index (κ3) is 5.66. The number of hydrogen-bond acceptors (Lipinski definition) is 2. The Morgan fingerprint density at radius 1 is 0.958 bits per heavy atom. The number of nitrogens with zero attached hydrogens (tertiary/aromatic N) is 1. The molecule has 2 rings (SSSR count). The first kappa shape index (κ1) is 19.6. The molecule has 0 amide bonds. The van der Waals surface area contributed by atoms with Gasteiger partial charge in [0.1, 0.15) is 6.54 Å². The number of quaternary nitrogens is 1. The summed E-state index contributed by atoms with van der Waals surface area (Å²) < 4.78 is 51.7. The highest BCUT2D eigenvalue weighted by Gasteiger charge is 2.22. The minimum atomic E-state index is -1.77. The van der Waals surface area contributed by atoms with Crippen LogP contribution in [-0.2, 0) is 6.54 Å². The molecule has 0 bridgehead atoms. The third-order valence-electron chi connectivity index (χ3n) is 2.83. The zero-order valence-corrected chi connectivity index (χ0v) is 13.4. The summed E-state index contributed by atoms with van der Waals surface area (Å²) in [5, 5.41) is 10.1. The van der Waals surface area contributed by atoms with E-state index < -0.39 is 29.2 Å². The first-order valence-corrected chi connectivity index (χ1v) is 6.91. The average molecular weight is 343 g/mol. The molecule has 0 aliphatic carbocycles. The van der Waals surface area contributed by atoms with E-state index in [2.05, 4.69) is 0 Å². The summed E-state index contributed by atoms with van der Waals surface area (Å²) in [5.41, 5.74) is 0.0522. The number of hydrogen-bond donors (Lipinski definition) is 0. The third-order valence-corrected chi connectivity index (χ3v) is 2.83. The van der Waals surface area contributed by atoms with Crippen LogP contribution in [0.2, 0.25) is 0 Å². The molecule has 0 atom stereocenters. The molecule has 0 heterocycles. The van der Waals surface area contributed by atoms with Crippen LogP contribution in [0.1, 0.15) is 15.9 Å². The quantitative estimate of drug-likeness (QED) is 0.372. The fraction of sp³-hybridized carbons (Fsp3) is 0.235. The molecule has 0 aliphatic rings. The molecule has 24 heavy (non-hydrogen) atoms. The number of halogens is 4. The molecular formula is C17H17F4NO2. The van der Waals surface area contributed by atoms with Crippen LogP contribution < -0.4 is 5.11 Å². The van der Waals surface area contributed by atoms with Crippen LogP contribution in [0.15, 0.2) is 36.4 Å². The smallest absolute Gasteiger partial charge is 0.197 e. The van der Waals surface area contributed by atoms with Crippen molar-refractivity contribution in [2.75, 3.05) is 21.1 Å². The van der Waals surface area contributed by atoms with Crippen molar-refractivity contribution in [2.45, 2.75) is 6.54 Å². The summed E-state index contributed by atoms with van der Waals surface area (Å²) in [6, 6.07) is 8.75. The van der Waals surface area contributed by atoms with E-state index >= 15 is 0 Å². The minimum absolute atomic E-state index is 0.0833. The topological polar surface area (TPSA) is 40.1 Å². The number of carboxylic acids is 1. The van der Waals surface area contributed by atoms with Crippen molar-refractivity contribution in [1.82, 2.24) is 0 Å². The second kappa shape index (κ2) is 7.92. The van der Waals surface area contributed by atoms with Crippen LogP contribution in [-0.4, -0.2) is 31.6 Å². The molecule has 0 aliphatic heterocycles. The largest absolute Gasteiger partial charge is 0.545 e. The highest BCUT2D eigenvalue weighted by Crippen LogP contribution is 2.20. The van der Waals surface area contributed by atoms with E-state index in [1.165, 1.54) is 12.1 Å². The van der Waals surface area contributed by atoms with Crippen molar-refractivity contribution in [3.05, 3.63) is 70.8 Å². The summed E-state index contributed by atoms with van der Waals surface area (Å²) in [4.78, 5) is 10.1. The van der Waals surface area contributed by atoms with Gasteiger partial charge in [0.2, 0.25) is 0 Å². The summed E-state index contributed by atoms with van der Waals surface area (Å²) in [6.07, 6.45) is 0. The molecule has 2 aromatic rings. The summed E-state index contributed by atoms with van der Waals surface area (Å²) in [5.74, 6) is -7.33. The van der Waals surface area contributed by atoms with Crippen molar-refractivity contribution < 1.29 is 31.9 Å². The van der Waals surface area contributed by atoms with Crippen LogP contribution in [0.25, 0.3) is 0 Å². The summed E-state index contributed by atoms with van der Waals surface area (Å²) in [7, 11) is 5.20. The number of aromatic carboxylic acids is 1. The van der Waals surface area contributed by atoms with Gasteiger partial charge in [-0.05, 0) is 11.6 Å². The Morgan fingerprint density at radius 3 is 1.92 bits per heavy atom. The van der Waals surface area contributed by atoms with Gasteiger partial charge in [-0.1, -0.05) is 30.3 Å². The fourth-order valence-electron chi connectivity index (χ4n) is 1.82. The van der Waals surface area contributed by atoms with E-state index in [4.69, 9.17) is 0 Å². The first-order valence-electron chi connectivity index (χ1n) is 6.91. The number of carbonyl (C=O) groups excluding carboxylic acids is 1. The molecule has 7 heteroatoms. The first-order chi connectivity index (χ1) is 11.0. The Morgan fingerprint density at radius 2 is 1.50 bits per heavy atom. The molecule has 0 aromatic heterocycles. The van der Waals surface area contributed by atoms with E-state index in [0.29, 0.717) is 10.5 Å². The monoisotopic (exact) mass is 343 g/mol. The van der Waals surface area contributed by atoms with Gasteiger partial charge in [0.05, 0.1) is 27.1 Å². The summed E-state index contributed by atoms with van der Waals surface area (Å²) in [6.45, 7) is 0.0833. The molecule has 130 valence electrons. The zero-order chi connectivity index (χ0) is 18.5. The molecular weight excluding hydrogens is 326 g/mol. The maximum atomic E-state index is 13.2. The van der Waals surface area contributed by atoms with E-state index in [1.54, 1.807) is 39.3 Å². The van der Waals surface area contributed by atoms with E-state index in [0.717, 1.165) is 0 Å². The predicted octanol–water partition coefficient (Wildman–Crippen LogP) is 2.50. The van der Waals surface area contributed by atoms with Crippen LogP contribution in [0.3, 0.4) is 0 Å². The van der Waals surface area contributed by atoms with Crippen molar-refractivity contribution in [3.8, 4) is 0 Å². The molecule has 3 nitrogen and oxygen atoms in total. The Kier molecular flexibility index (Phi) is 6.48. The van der Waals surface area contributed by atoms with Gasteiger partial charge in [0.25, 0.3) is 0 Å². The normalized spacial score (nSPS) is 10.8. The van der Waals surface area contributed by atoms with Crippen molar-refractivity contribution >= 4 is 5.97 Å². The van der Waals surface area contributed by atoms with Crippen LogP contribution in [0.5, 0.6) is 0 Å². The number of carbonyl (C=O) groups is 1. The summed E-state index contributed by atoms with van der Waals surface area (Å²) >= 11 is 0. The number of rotatable bonds is 3. The minimum Gasteiger partial charge on any atom is -0.545 e. The Bertz CT molecular complexity index is 713. The van der Waals surface area contributed by atoms with E-state index in [9.17, 15) is 27.5 Å². The molecule has 0 saturated heterocycles. The second-order valence-electron chi connectivity index (χ2n) is 6.06. The van der Waals surface area contributed by atoms with Crippen LogP contribution in [0.4, 0.5) is 17.6 Å². The van der Waals surface area contributed by atoms with Gasteiger partial charge in [-0.25, -0.2) is 17.6 Å². The molecule has 0 saturated carbocycles. The predicted molar refractivity (Wildman–Crippen MR) is 78.8 cm³/mol. The standard InChI is InChI=1S/C10H12F4N.C7H6O2/c1-15(2,3)5-6-4-7(11)9(13)10(14)8(6)12;8-7(9)6-4-2-1-3-5-6/h4H,5H2,1-3H3;1-5H,(H,8,9)/q+1;/p-1. The van der Waals surface area contributed by atoms with Crippen molar-refractivity contribution in [2.24, 2.45) is 0 Å². The van der Waals surface area contributed by atoms with Gasteiger partial charge < -0.3 is 14.4 Å². The van der Waals surface area contributed by atoms with Gasteiger partial charge in [0, 0.05) is 5.56 Å². The highest BCUT2D eigenvalue weighted by molar-refractivity contribution is 5.85. The lowest BCUT2D eigenvalue weighted by Crippen LogP contribution is -2.34. The van der Waals surface area contributed by atoms with Gasteiger partial charge in [-0.3, -0.25) is 0 Å². The van der Waals surface area contributed by atoms with Crippen molar-refractivity contribution in [3.63, 3.8) is 0 Å². The fourth-order valence-corrected chi connectivity index (χ4v) is 1.82. The lowest BCUT2D eigenvalue weighted by molar-refractivity contribution is -0.884. The van der Waals surface area contributed by atoms with Gasteiger partial charge >= 0.3 is 0 Å². The van der Waals surface area contributed by atoms with Crippen LogP contribution >= 0.6 is 0 Å².